The number of amidine groups is 1. The van der Waals surface area contributed by atoms with Gasteiger partial charge in [-0.3, -0.25) is 0 Å². The number of hydrogen-bond acceptors (Lipinski definition) is 4. The highest BCUT2D eigenvalue weighted by Crippen LogP contribution is 2.22. The van der Waals surface area contributed by atoms with Gasteiger partial charge in [-0.2, -0.15) is 0 Å². The monoisotopic (exact) mass is 219 g/mol. The average molecular weight is 219 g/mol. The molecule has 15 heavy (non-hydrogen) atoms. The van der Waals surface area contributed by atoms with Crippen LogP contribution in [-0.2, 0) is 0 Å². The van der Waals surface area contributed by atoms with Crippen LogP contribution in [0.5, 0.6) is 0 Å². The van der Waals surface area contributed by atoms with Gasteiger partial charge in [0.25, 0.3) is 0 Å². The quantitative estimate of drug-likeness (QED) is 0.152. The molecule has 0 saturated carbocycles. The van der Waals surface area contributed by atoms with Crippen molar-refractivity contribution in [3.8, 4) is 0 Å². The van der Waals surface area contributed by atoms with Gasteiger partial charge in [-0.25, -0.2) is 4.98 Å². The molecule has 0 unspecified atom stereocenters. The lowest BCUT2D eigenvalue weighted by Crippen LogP contribution is -1.93. The van der Waals surface area contributed by atoms with E-state index < -0.39 is 0 Å². The number of hydrogen-bond donors (Lipinski definition) is 1. The summed E-state index contributed by atoms with van der Waals surface area (Å²) in [7, 11) is 0. The van der Waals surface area contributed by atoms with Gasteiger partial charge in [0.1, 0.15) is 5.01 Å². The van der Waals surface area contributed by atoms with Crippen molar-refractivity contribution in [2.45, 2.75) is 0 Å². The Morgan fingerprint density at radius 3 is 2.93 bits per heavy atom. The molecule has 1 N–H and O–H groups in total. The van der Waals surface area contributed by atoms with E-state index in [9.17, 15) is 0 Å². The molecule has 1 aromatic carbocycles. The third-order valence-electron chi connectivity index (χ3n) is 1.72. The molecule has 1 aromatic heterocycles. The van der Waals surface area contributed by atoms with Crippen LogP contribution in [0.1, 0.15) is 5.01 Å². The molecule has 1 heterocycles. The number of thiazole rings is 1. The van der Waals surface area contributed by atoms with E-state index in [1.165, 1.54) is 11.3 Å². The summed E-state index contributed by atoms with van der Waals surface area (Å²) in [6, 6.07) is 7.46. The first kappa shape index (κ1) is 9.45. The first-order valence-electron chi connectivity index (χ1n) is 3.98. The number of para-hydroxylation sites is 1. The number of azide groups is 1. The van der Waals surface area contributed by atoms with E-state index in [2.05, 4.69) is 20.2 Å². The van der Waals surface area contributed by atoms with Crippen LogP contribution in [-0.4, -0.2) is 16.0 Å². The lowest BCUT2D eigenvalue weighted by molar-refractivity contribution is 0.318. The molecule has 7 heteroatoms. The Morgan fingerprint density at radius 2 is 2.27 bits per heavy atom. The maximum atomic E-state index is 8.63. The molecule has 0 aliphatic heterocycles. The summed E-state index contributed by atoms with van der Waals surface area (Å²) in [6.45, 7) is 0. The SMILES string of the molecule is [N-]=[N+]=N/C(=N\O)c1nc2ccccc2s1. The fourth-order valence-corrected chi connectivity index (χ4v) is 2.01. The van der Waals surface area contributed by atoms with Gasteiger partial charge < -0.3 is 5.21 Å². The summed E-state index contributed by atoms with van der Waals surface area (Å²) in [5.41, 5.74) is 9.03. The third-order valence-corrected chi connectivity index (χ3v) is 2.75. The van der Waals surface area contributed by atoms with Crippen molar-refractivity contribution in [3.63, 3.8) is 0 Å². The van der Waals surface area contributed by atoms with E-state index in [1.807, 2.05) is 24.3 Å². The first-order valence-corrected chi connectivity index (χ1v) is 4.80. The Morgan fingerprint density at radius 1 is 1.47 bits per heavy atom. The van der Waals surface area contributed by atoms with Crippen LogP contribution in [0.25, 0.3) is 20.7 Å². The summed E-state index contributed by atoms with van der Waals surface area (Å²) in [6.07, 6.45) is 0. The summed E-state index contributed by atoms with van der Waals surface area (Å²) in [5, 5.41) is 15.1. The summed E-state index contributed by atoms with van der Waals surface area (Å²) in [5.74, 6) is -0.112. The smallest absolute Gasteiger partial charge is 0.201 e. The van der Waals surface area contributed by atoms with Gasteiger partial charge in [0, 0.05) is 4.91 Å². The molecule has 0 atom stereocenters. The zero-order valence-corrected chi connectivity index (χ0v) is 8.22. The largest absolute Gasteiger partial charge is 0.410 e. The topological polar surface area (TPSA) is 94.2 Å². The normalized spacial score (nSPS) is 11.3. The maximum Gasteiger partial charge on any atom is 0.201 e. The summed E-state index contributed by atoms with van der Waals surface area (Å²) >= 11 is 1.30. The van der Waals surface area contributed by atoms with Crippen LogP contribution < -0.4 is 0 Å². The minimum atomic E-state index is -0.112. The number of rotatable bonds is 1. The van der Waals surface area contributed by atoms with Gasteiger partial charge in [-0.15, -0.1) is 11.3 Å². The molecule has 0 bridgehead atoms. The highest BCUT2D eigenvalue weighted by molar-refractivity contribution is 7.20. The zero-order chi connectivity index (χ0) is 10.7. The molecular weight excluding hydrogens is 214 g/mol. The van der Waals surface area contributed by atoms with E-state index in [0.29, 0.717) is 5.01 Å². The number of benzene rings is 1. The molecule has 2 aromatic rings. The Bertz CT molecular complexity index is 536. The molecule has 0 saturated heterocycles. The highest BCUT2D eigenvalue weighted by Gasteiger charge is 2.08. The third kappa shape index (κ3) is 1.74. The fourth-order valence-electron chi connectivity index (χ4n) is 1.12. The second kappa shape index (κ2) is 3.95. The Labute approximate surface area is 88.1 Å². The maximum absolute atomic E-state index is 8.63. The fraction of sp³-hybridized carbons (Fsp3) is 0. The van der Waals surface area contributed by atoms with Gasteiger partial charge in [0.15, 0.2) is 0 Å². The number of fused-ring (bicyclic) bond motifs is 1. The van der Waals surface area contributed by atoms with Crippen molar-refractivity contribution >= 4 is 27.4 Å². The van der Waals surface area contributed by atoms with Crippen molar-refractivity contribution in [1.29, 1.82) is 0 Å². The molecular formula is C8H5N5OS. The van der Waals surface area contributed by atoms with Crippen molar-refractivity contribution in [2.75, 3.05) is 0 Å². The first-order chi connectivity index (χ1) is 7.35. The van der Waals surface area contributed by atoms with Crippen LogP contribution in [0.3, 0.4) is 0 Å². The molecule has 0 amide bonds. The molecule has 74 valence electrons. The minimum Gasteiger partial charge on any atom is -0.410 e. The van der Waals surface area contributed by atoms with Crippen LogP contribution in [0.2, 0.25) is 0 Å². The van der Waals surface area contributed by atoms with E-state index in [1.54, 1.807) is 0 Å². The van der Waals surface area contributed by atoms with Gasteiger partial charge in [-0.05, 0) is 22.8 Å². The van der Waals surface area contributed by atoms with E-state index in [4.69, 9.17) is 10.7 Å². The minimum absolute atomic E-state index is 0.112. The van der Waals surface area contributed by atoms with E-state index in [0.717, 1.165) is 10.2 Å². The molecule has 0 aliphatic rings. The van der Waals surface area contributed by atoms with Crippen LogP contribution in [0.15, 0.2) is 34.5 Å². The molecule has 0 aliphatic carbocycles. The Kier molecular flexibility index (Phi) is 2.49. The standard InChI is InChI=1S/C8H5N5OS/c9-13-11-7(12-14)8-10-5-3-1-2-4-6(5)15-8/h1-4,14H/b12-7-. The van der Waals surface area contributed by atoms with Gasteiger partial charge in [0.05, 0.1) is 10.2 Å². The molecule has 0 fully saturated rings. The van der Waals surface area contributed by atoms with Crippen LogP contribution in [0, 0.1) is 0 Å². The molecule has 2 rings (SSSR count). The second-order valence-electron chi connectivity index (χ2n) is 2.60. The predicted molar refractivity (Wildman–Crippen MR) is 57.1 cm³/mol. The Balaban J connectivity index is 2.57. The van der Waals surface area contributed by atoms with Gasteiger partial charge in [0.2, 0.25) is 5.84 Å². The number of nitrogens with zero attached hydrogens (tertiary/aromatic N) is 5. The van der Waals surface area contributed by atoms with Gasteiger partial charge >= 0.3 is 0 Å². The number of oxime groups is 1. The highest BCUT2D eigenvalue weighted by atomic mass is 32.1. The van der Waals surface area contributed by atoms with E-state index >= 15 is 0 Å². The molecule has 0 radical (unpaired) electrons. The van der Waals surface area contributed by atoms with Crippen LogP contribution >= 0.6 is 11.3 Å². The molecule has 0 spiro atoms. The summed E-state index contributed by atoms with van der Waals surface area (Å²) in [4.78, 5) is 6.72. The van der Waals surface area contributed by atoms with Crippen molar-refractivity contribution in [1.82, 2.24) is 4.98 Å². The van der Waals surface area contributed by atoms with Gasteiger partial charge in [-0.1, -0.05) is 17.3 Å². The Hall–Kier alpha value is -2.11. The summed E-state index contributed by atoms with van der Waals surface area (Å²) < 4.78 is 0.946. The lowest BCUT2D eigenvalue weighted by Gasteiger charge is -1.86. The van der Waals surface area contributed by atoms with Crippen molar-refractivity contribution in [2.24, 2.45) is 10.3 Å². The average Bonchev–Trinajstić information content (AvgIpc) is 2.69. The zero-order valence-electron chi connectivity index (χ0n) is 7.40. The van der Waals surface area contributed by atoms with Crippen molar-refractivity contribution in [3.05, 3.63) is 39.7 Å². The number of aromatic nitrogens is 1. The van der Waals surface area contributed by atoms with Crippen molar-refractivity contribution < 1.29 is 5.21 Å². The van der Waals surface area contributed by atoms with E-state index in [-0.39, 0.29) is 5.84 Å². The lowest BCUT2D eigenvalue weighted by atomic mass is 10.3. The van der Waals surface area contributed by atoms with Crippen LogP contribution in [0.4, 0.5) is 0 Å². The predicted octanol–water partition coefficient (Wildman–Crippen LogP) is 2.74. The molecule has 6 nitrogen and oxygen atoms in total. The second-order valence-corrected chi connectivity index (χ2v) is 3.63.